The van der Waals surface area contributed by atoms with Crippen LogP contribution in [0.3, 0.4) is 0 Å². The van der Waals surface area contributed by atoms with Crippen LogP contribution >= 0.6 is 34.2 Å². The number of aromatic nitrogens is 2. The van der Waals surface area contributed by atoms with Gasteiger partial charge in [0.1, 0.15) is 0 Å². The van der Waals surface area contributed by atoms with Crippen molar-refractivity contribution in [3.05, 3.63) is 16.0 Å². The largest absolute Gasteiger partial charge is 0.337 e. The fraction of sp³-hybridized carbons (Fsp3) is 0.600. The van der Waals surface area contributed by atoms with Crippen LogP contribution in [0.25, 0.3) is 0 Å². The van der Waals surface area contributed by atoms with Crippen molar-refractivity contribution in [2.45, 2.75) is 25.3 Å². The summed E-state index contributed by atoms with van der Waals surface area (Å²) in [4.78, 5) is 10.9. The molecule has 1 saturated heterocycles. The molecule has 0 spiro atoms. The van der Waals surface area contributed by atoms with Crippen LogP contribution in [0.1, 0.15) is 19.3 Å². The lowest BCUT2D eigenvalue weighted by Crippen LogP contribution is -2.41. The summed E-state index contributed by atoms with van der Waals surface area (Å²) in [6, 6.07) is 0.403. The maximum atomic E-state index is 5.96. The van der Waals surface area contributed by atoms with Gasteiger partial charge in [-0.3, -0.25) is 0 Å². The van der Waals surface area contributed by atoms with E-state index in [9.17, 15) is 0 Å². The normalized spacial score (nSPS) is 21.7. The van der Waals surface area contributed by atoms with Gasteiger partial charge in [0.05, 0.1) is 0 Å². The molecule has 3 nitrogen and oxygen atoms in total. The Kier molecular flexibility index (Phi) is 4.02. The second-order valence-electron chi connectivity index (χ2n) is 3.70. The second kappa shape index (κ2) is 5.30. The molecule has 0 N–H and O–H groups in total. The Morgan fingerprint density at radius 3 is 2.80 bits per heavy atom. The summed E-state index contributed by atoms with van der Waals surface area (Å²) in [6.07, 6.45) is 7.32. The third-order valence-corrected chi connectivity index (χ3v) is 3.58. The van der Waals surface area contributed by atoms with Gasteiger partial charge in [-0.25, -0.2) is 9.97 Å². The van der Waals surface area contributed by atoms with Gasteiger partial charge in [-0.15, -0.1) is 11.6 Å². The molecular formula is C10H13ClIN3. The smallest absolute Gasteiger partial charge is 0.225 e. The highest BCUT2D eigenvalue weighted by molar-refractivity contribution is 14.1. The molecule has 1 unspecified atom stereocenters. The summed E-state index contributed by atoms with van der Waals surface area (Å²) in [7, 11) is 0. The standard InChI is InChI=1S/C10H13ClIN3/c11-5-9-3-1-2-4-15(9)10-13-6-8(12)7-14-10/h6-7,9H,1-5H2. The number of hydrogen-bond acceptors (Lipinski definition) is 3. The molecule has 15 heavy (non-hydrogen) atoms. The molecular weight excluding hydrogens is 324 g/mol. The molecule has 2 rings (SSSR count). The summed E-state index contributed by atoms with van der Waals surface area (Å²) in [5.41, 5.74) is 0. The number of hydrogen-bond donors (Lipinski definition) is 0. The zero-order chi connectivity index (χ0) is 10.7. The second-order valence-corrected chi connectivity index (χ2v) is 5.25. The fourth-order valence-electron chi connectivity index (χ4n) is 1.88. The van der Waals surface area contributed by atoms with Crippen LogP contribution in [0.5, 0.6) is 0 Å². The molecule has 1 aliphatic rings. The van der Waals surface area contributed by atoms with Crippen molar-refractivity contribution < 1.29 is 0 Å². The highest BCUT2D eigenvalue weighted by atomic mass is 127. The monoisotopic (exact) mass is 337 g/mol. The number of alkyl halides is 1. The fourth-order valence-corrected chi connectivity index (χ4v) is 2.48. The van der Waals surface area contributed by atoms with Gasteiger partial charge in [0.25, 0.3) is 0 Å². The van der Waals surface area contributed by atoms with E-state index in [1.165, 1.54) is 12.8 Å². The first-order valence-corrected chi connectivity index (χ1v) is 6.73. The molecule has 0 aliphatic carbocycles. The van der Waals surface area contributed by atoms with Crippen molar-refractivity contribution >= 4 is 40.1 Å². The van der Waals surface area contributed by atoms with E-state index >= 15 is 0 Å². The lowest BCUT2D eigenvalue weighted by molar-refractivity contribution is 0.480. The first-order valence-electron chi connectivity index (χ1n) is 5.11. The molecule has 1 aliphatic heterocycles. The molecule has 82 valence electrons. The van der Waals surface area contributed by atoms with E-state index in [4.69, 9.17) is 11.6 Å². The van der Waals surface area contributed by atoms with Crippen molar-refractivity contribution in [1.29, 1.82) is 0 Å². The minimum Gasteiger partial charge on any atom is -0.337 e. The van der Waals surface area contributed by atoms with Crippen LogP contribution in [-0.4, -0.2) is 28.4 Å². The summed E-state index contributed by atoms with van der Waals surface area (Å²) >= 11 is 8.17. The number of nitrogens with zero attached hydrogens (tertiary/aromatic N) is 3. The van der Waals surface area contributed by atoms with Gasteiger partial charge < -0.3 is 4.90 Å². The van der Waals surface area contributed by atoms with E-state index in [0.717, 1.165) is 22.5 Å². The molecule has 1 atom stereocenters. The van der Waals surface area contributed by atoms with E-state index in [1.807, 2.05) is 12.4 Å². The number of piperidine rings is 1. The Labute approximate surface area is 108 Å². The minimum absolute atomic E-state index is 0.403. The third-order valence-electron chi connectivity index (χ3n) is 2.67. The van der Waals surface area contributed by atoms with E-state index in [0.29, 0.717) is 11.9 Å². The van der Waals surface area contributed by atoms with E-state index in [2.05, 4.69) is 37.5 Å². The molecule has 1 aromatic heterocycles. The average molecular weight is 338 g/mol. The van der Waals surface area contributed by atoms with Crippen molar-refractivity contribution in [2.24, 2.45) is 0 Å². The van der Waals surface area contributed by atoms with Gasteiger partial charge in [0.2, 0.25) is 5.95 Å². The Hall–Kier alpha value is -0.100. The molecule has 0 amide bonds. The summed E-state index contributed by atoms with van der Waals surface area (Å²) in [5.74, 6) is 1.48. The van der Waals surface area contributed by atoms with E-state index in [-0.39, 0.29) is 0 Å². The summed E-state index contributed by atoms with van der Waals surface area (Å²) < 4.78 is 1.07. The van der Waals surface area contributed by atoms with Gasteiger partial charge >= 0.3 is 0 Å². The highest BCUT2D eigenvalue weighted by Gasteiger charge is 2.23. The van der Waals surface area contributed by atoms with Crippen LogP contribution < -0.4 is 4.90 Å². The van der Waals surface area contributed by atoms with Gasteiger partial charge in [-0.2, -0.15) is 0 Å². The van der Waals surface area contributed by atoms with Crippen molar-refractivity contribution in [3.63, 3.8) is 0 Å². The third kappa shape index (κ3) is 2.72. The Morgan fingerprint density at radius 2 is 2.13 bits per heavy atom. The van der Waals surface area contributed by atoms with Crippen LogP contribution in [0.4, 0.5) is 5.95 Å². The Bertz CT molecular complexity index is 317. The quantitative estimate of drug-likeness (QED) is 0.614. The molecule has 0 aromatic carbocycles. The van der Waals surface area contributed by atoms with Crippen molar-refractivity contribution in [2.75, 3.05) is 17.3 Å². The molecule has 2 heterocycles. The topological polar surface area (TPSA) is 29.0 Å². The lowest BCUT2D eigenvalue weighted by atomic mass is 10.0. The SMILES string of the molecule is ClCC1CCCCN1c1ncc(I)cn1. The first-order chi connectivity index (χ1) is 7.31. The van der Waals surface area contributed by atoms with Gasteiger partial charge in [-0.1, -0.05) is 0 Å². The first kappa shape index (κ1) is 11.4. The van der Waals surface area contributed by atoms with Gasteiger partial charge in [0, 0.05) is 34.4 Å². The number of anilines is 1. The van der Waals surface area contributed by atoms with E-state index < -0.39 is 0 Å². The van der Waals surface area contributed by atoms with Crippen LogP contribution in [0, 0.1) is 3.57 Å². The molecule has 0 bridgehead atoms. The summed E-state index contributed by atoms with van der Waals surface area (Å²) in [5, 5.41) is 0. The predicted molar refractivity (Wildman–Crippen MR) is 70.5 cm³/mol. The molecule has 0 radical (unpaired) electrons. The number of rotatable bonds is 2. The van der Waals surface area contributed by atoms with Crippen LogP contribution in [0.2, 0.25) is 0 Å². The minimum atomic E-state index is 0.403. The zero-order valence-electron chi connectivity index (χ0n) is 8.37. The molecule has 1 fully saturated rings. The maximum absolute atomic E-state index is 5.96. The molecule has 5 heteroatoms. The van der Waals surface area contributed by atoms with Gasteiger partial charge in [0.15, 0.2) is 0 Å². The molecule has 0 saturated carbocycles. The van der Waals surface area contributed by atoms with Crippen LogP contribution in [0.15, 0.2) is 12.4 Å². The highest BCUT2D eigenvalue weighted by Crippen LogP contribution is 2.22. The zero-order valence-corrected chi connectivity index (χ0v) is 11.3. The average Bonchev–Trinajstić information content (AvgIpc) is 2.30. The number of halogens is 2. The van der Waals surface area contributed by atoms with E-state index in [1.54, 1.807) is 0 Å². The lowest BCUT2D eigenvalue weighted by Gasteiger charge is -2.34. The molecule has 1 aromatic rings. The van der Waals surface area contributed by atoms with Crippen molar-refractivity contribution in [3.8, 4) is 0 Å². The Balaban J connectivity index is 2.16. The van der Waals surface area contributed by atoms with Crippen LogP contribution in [-0.2, 0) is 0 Å². The summed E-state index contributed by atoms with van der Waals surface area (Å²) in [6.45, 7) is 1.03. The predicted octanol–water partition coefficient (Wildman–Crippen LogP) is 2.68. The van der Waals surface area contributed by atoms with Crippen molar-refractivity contribution in [1.82, 2.24) is 9.97 Å². The van der Waals surface area contributed by atoms with Gasteiger partial charge in [-0.05, 0) is 41.9 Å². The maximum Gasteiger partial charge on any atom is 0.225 e. The Morgan fingerprint density at radius 1 is 1.40 bits per heavy atom.